The molecule has 3 rings (SSSR count). The van der Waals surface area contributed by atoms with Crippen LogP contribution in [0.4, 0.5) is 17.6 Å². The van der Waals surface area contributed by atoms with Crippen LogP contribution in [0.15, 0.2) is 54.6 Å². The van der Waals surface area contributed by atoms with E-state index in [2.05, 4.69) is 4.74 Å². The van der Waals surface area contributed by atoms with E-state index in [1.807, 2.05) is 13.0 Å². The predicted octanol–water partition coefficient (Wildman–Crippen LogP) is 6.70. The molecule has 0 aliphatic heterocycles. The highest BCUT2D eigenvalue weighted by Crippen LogP contribution is 2.31. The summed E-state index contributed by atoms with van der Waals surface area (Å²) in [5.74, 6) is -2.05. The Morgan fingerprint density at radius 2 is 1.33 bits per heavy atom. The molecule has 0 saturated heterocycles. The fourth-order valence-corrected chi connectivity index (χ4v) is 3.00. The standard InChI is InChI=1S/C22H18F4O/c1-2-3-14-4-7-17(19(24)10-14)15-5-8-18(20(25)11-15)16-6-9-22(27-13-23)21(26)12-16/h4-12H,2-3,13H2,1H3. The minimum Gasteiger partial charge on any atom is -0.460 e. The van der Waals surface area contributed by atoms with E-state index in [1.165, 1.54) is 30.3 Å². The normalized spacial score (nSPS) is 10.9. The molecule has 0 atom stereocenters. The summed E-state index contributed by atoms with van der Waals surface area (Å²) in [5, 5.41) is 0. The third-order valence-electron chi connectivity index (χ3n) is 4.31. The van der Waals surface area contributed by atoms with Gasteiger partial charge in [-0.15, -0.1) is 0 Å². The summed E-state index contributed by atoms with van der Waals surface area (Å²) in [7, 11) is 0. The van der Waals surface area contributed by atoms with Crippen molar-refractivity contribution in [1.29, 1.82) is 0 Å². The summed E-state index contributed by atoms with van der Waals surface area (Å²) in [4.78, 5) is 0. The number of ether oxygens (including phenoxy) is 1. The van der Waals surface area contributed by atoms with Crippen molar-refractivity contribution >= 4 is 0 Å². The van der Waals surface area contributed by atoms with Gasteiger partial charge in [0.05, 0.1) is 0 Å². The Hall–Kier alpha value is -2.82. The molecular weight excluding hydrogens is 356 g/mol. The molecule has 0 aliphatic rings. The SMILES string of the molecule is CCCc1ccc(-c2ccc(-c3ccc(OCF)c(F)c3)c(F)c2)c(F)c1. The minimum absolute atomic E-state index is 0.160. The molecule has 0 N–H and O–H groups in total. The van der Waals surface area contributed by atoms with Gasteiger partial charge in [-0.05, 0) is 47.4 Å². The van der Waals surface area contributed by atoms with Gasteiger partial charge in [-0.3, -0.25) is 0 Å². The van der Waals surface area contributed by atoms with E-state index < -0.39 is 24.3 Å². The summed E-state index contributed by atoms with van der Waals surface area (Å²) in [5.41, 5.74) is 2.03. The maximum atomic E-state index is 14.6. The summed E-state index contributed by atoms with van der Waals surface area (Å²) < 4.78 is 59.5. The summed E-state index contributed by atoms with van der Waals surface area (Å²) >= 11 is 0. The van der Waals surface area contributed by atoms with Gasteiger partial charge in [-0.2, -0.15) is 0 Å². The third-order valence-corrected chi connectivity index (χ3v) is 4.31. The molecule has 3 aromatic rings. The number of halogens is 4. The third kappa shape index (κ3) is 4.13. The number of aryl methyl sites for hydroxylation is 1. The molecule has 0 spiro atoms. The summed E-state index contributed by atoms with van der Waals surface area (Å²) in [6.07, 6.45) is 1.69. The second kappa shape index (κ2) is 8.25. The van der Waals surface area contributed by atoms with Crippen LogP contribution in [-0.2, 0) is 6.42 Å². The average molecular weight is 374 g/mol. The Kier molecular flexibility index (Phi) is 5.79. The van der Waals surface area contributed by atoms with Gasteiger partial charge < -0.3 is 4.74 Å². The minimum atomic E-state index is -1.15. The lowest BCUT2D eigenvalue weighted by Crippen LogP contribution is -1.95. The van der Waals surface area contributed by atoms with Crippen LogP contribution in [-0.4, -0.2) is 6.86 Å². The lowest BCUT2D eigenvalue weighted by Gasteiger charge is -2.10. The van der Waals surface area contributed by atoms with Crippen LogP contribution >= 0.6 is 0 Å². The molecule has 0 saturated carbocycles. The highest BCUT2D eigenvalue weighted by atomic mass is 19.1. The maximum absolute atomic E-state index is 14.6. The second-order valence-corrected chi connectivity index (χ2v) is 6.16. The Morgan fingerprint density at radius 3 is 1.89 bits per heavy atom. The van der Waals surface area contributed by atoms with Crippen molar-refractivity contribution in [2.75, 3.05) is 6.86 Å². The monoisotopic (exact) mass is 374 g/mol. The van der Waals surface area contributed by atoms with E-state index in [-0.39, 0.29) is 16.9 Å². The number of rotatable bonds is 6. The van der Waals surface area contributed by atoms with Crippen LogP contribution in [0.5, 0.6) is 5.75 Å². The van der Waals surface area contributed by atoms with E-state index in [1.54, 1.807) is 12.1 Å². The Balaban J connectivity index is 1.93. The molecule has 0 heterocycles. The lowest BCUT2D eigenvalue weighted by molar-refractivity contribution is 0.184. The maximum Gasteiger partial charge on any atom is 0.228 e. The first-order valence-corrected chi connectivity index (χ1v) is 8.60. The number of benzene rings is 3. The smallest absolute Gasteiger partial charge is 0.228 e. The van der Waals surface area contributed by atoms with Crippen LogP contribution in [0, 0.1) is 17.5 Å². The fraction of sp³-hybridized carbons (Fsp3) is 0.182. The van der Waals surface area contributed by atoms with E-state index in [0.717, 1.165) is 24.5 Å². The summed E-state index contributed by atoms with van der Waals surface area (Å²) in [6.45, 7) is 0.862. The van der Waals surface area contributed by atoms with E-state index in [9.17, 15) is 17.6 Å². The van der Waals surface area contributed by atoms with Gasteiger partial charge in [0, 0.05) is 11.1 Å². The molecule has 0 amide bonds. The largest absolute Gasteiger partial charge is 0.460 e. The molecule has 0 unspecified atom stereocenters. The average Bonchev–Trinajstić information content (AvgIpc) is 2.64. The Morgan fingerprint density at radius 1 is 0.741 bits per heavy atom. The predicted molar refractivity (Wildman–Crippen MR) is 97.8 cm³/mol. The number of alkyl halides is 1. The van der Waals surface area contributed by atoms with Crippen molar-refractivity contribution in [2.45, 2.75) is 19.8 Å². The molecule has 27 heavy (non-hydrogen) atoms. The zero-order chi connectivity index (χ0) is 19.4. The van der Waals surface area contributed by atoms with Crippen molar-refractivity contribution in [3.63, 3.8) is 0 Å². The van der Waals surface area contributed by atoms with E-state index in [4.69, 9.17) is 0 Å². The van der Waals surface area contributed by atoms with Gasteiger partial charge >= 0.3 is 0 Å². The lowest BCUT2D eigenvalue weighted by atomic mass is 9.98. The van der Waals surface area contributed by atoms with E-state index in [0.29, 0.717) is 11.1 Å². The van der Waals surface area contributed by atoms with Crippen LogP contribution in [0.2, 0.25) is 0 Å². The fourth-order valence-electron chi connectivity index (χ4n) is 3.00. The first-order valence-electron chi connectivity index (χ1n) is 8.60. The quantitative estimate of drug-likeness (QED) is 0.437. The summed E-state index contributed by atoms with van der Waals surface area (Å²) in [6, 6.07) is 12.9. The van der Waals surface area contributed by atoms with Crippen molar-refractivity contribution in [1.82, 2.24) is 0 Å². The number of hydrogen-bond donors (Lipinski definition) is 0. The van der Waals surface area contributed by atoms with Gasteiger partial charge in [-0.25, -0.2) is 17.6 Å². The zero-order valence-electron chi connectivity index (χ0n) is 14.7. The van der Waals surface area contributed by atoms with Gasteiger partial charge in [0.1, 0.15) is 11.6 Å². The molecule has 3 aromatic carbocycles. The van der Waals surface area contributed by atoms with Crippen LogP contribution in [0.1, 0.15) is 18.9 Å². The molecule has 0 bridgehead atoms. The second-order valence-electron chi connectivity index (χ2n) is 6.16. The zero-order valence-corrected chi connectivity index (χ0v) is 14.7. The van der Waals surface area contributed by atoms with Crippen LogP contribution in [0.3, 0.4) is 0 Å². The molecule has 0 radical (unpaired) electrons. The molecular formula is C22H18F4O. The first kappa shape index (κ1) is 19.0. The highest BCUT2D eigenvalue weighted by Gasteiger charge is 2.13. The molecule has 0 fully saturated rings. The Bertz CT molecular complexity index is 953. The molecule has 1 nitrogen and oxygen atoms in total. The van der Waals surface area contributed by atoms with E-state index >= 15 is 0 Å². The van der Waals surface area contributed by atoms with Gasteiger partial charge in [0.2, 0.25) is 6.86 Å². The van der Waals surface area contributed by atoms with Gasteiger partial charge in [0.15, 0.2) is 11.6 Å². The molecule has 0 aliphatic carbocycles. The van der Waals surface area contributed by atoms with Crippen molar-refractivity contribution in [3.8, 4) is 28.0 Å². The molecule has 5 heteroatoms. The molecule has 0 aromatic heterocycles. The van der Waals surface area contributed by atoms with Gasteiger partial charge in [-0.1, -0.05) is 43.7 Å². The van der Waals surface area contributed by atoms with Crippen molar-refractivity contribution < 1.29 is 22.3 Å². The highest BCUT2D eigenvalue weighted by molar-refractivity contribution is 5.72. The number of hydrogen-bond acceptors (Lipinski definition) is 1. The van der Waals surface area contributed by atoms with Gasteiger partial charge in [0.25, 0.3) is 0 Å². The van der Waals surface area contributed by atoms with Crippen LogP contribution < -0.4 is 4.74 Å². The van der Waals surface area contributed by atoms with Crippen molar-refractivity contribution in [3.05, 3.63) is 77.6 Å². The topological polar surface area (TPSA) is 9.23 Å². The van der Waals surface area contributed by atoms with Crippen molar-refractivity contribution in [2.24, 2.45) is 0 Å². The van der Waals surface area contributed by atoms with Crippen LogP contribution in [0.25, 0.3) is 22.3 Å². The molecule has 140 valence electrons. The Labute approximate surface area is 155 Å². The first-order chi connectivity index (χ1) is 13.0.